The van der Waals surface area contributed by atoms with Crippen LogP contribution in [0.1, 0.15) is 32.6 Å². The van der Waals surface area contributed by atoms with Gasteiger partial charge < -0.3 is 5.32 Å². The Morgan fingerprint density at radius 3 is 2.83 bits per heavy atom. The molecule has 2 bridgehead atoms. The molecule has 2 saturated carbocycles. The molecule has 4 atom stereocenters. The third-order valence-electron chi connectivity index (χ3n) is 5.32. The molecular weight excluding hydrogens is 298 g/mol. The zero-order valence-corrected chi connectivity index (χ0v) is 13.1. The van der Waals surface area contributed by atoms with Gasteiger partial charge in [0.2, 0.25) is 5.91 Å². The molecule has 7 nitrogen and oxygen atoms in total. The van der Waals surface area contributed by atoms with Gasteiger partial charge in [0.1, 0.15) is 6.54 Å². The first-order chi connectivity index (χ1) is 10.9. The van der Waals surface area contributed by atoms with E-state index in [1.807, 2.05) is 6.92 Å². The molecule has 1 heterocycles. The monoisotopic (exact) mass is 319 g/mol. The molecule has 23 heavy (non-hydrogen) atoms. The molecule has 0 unspecified atom stereocenters. The van der Waals surface area contributed by atoms with Crippen molar-refractivity contribution in [1.29, 1.82) is 0 Å². The van der Waals surface area contributed by atoms with Gasteiger partial charge in [-0.2, -0.15) is 0 Å². The third kappa shape index (κ3) is 3.28. The van der Waals surface area contributed by atoms with E-state index in [-0.39, 0.29) is 24.2 Å². The van der Waals surface area contributed by atoms with Crippen molar-refractivity contribution in [3.05, 3.63) is 38.8 Å². The number of hydrogen-bond acceptors (Lipinski definition) is 4. The molecule has 1 amide bonds. The summed E-state index contributed by atoms with van der Waals surface area (Å²) < 4.78 is 1.08. The van der Waals surface area contributed by atoms with Gasteiger partial charge in [0.15, 0.2) is 0 Å². The van der Waals surface area contributed by atoms with E-state index < -0.39 is 10.5 Å². The SMILES string of the molecule is C[C@H](NC(=O)Cn1cc([N+](=O)[O-])ccc1=O)[C@H]1C[C@H]2CC[C@H]1C2. The molecule has 2 aliphatic rings. The third-order valence-corrected chi connectivity index (χ3v) is 5.32. The number of nitrogens with zero attached hydrogens (tertiary/aromatic N) is 2. The summed E-state index contributed by atoms with van der Waals surface area (Å²) in [7, 11) is 0. The van der Waals surface area contributed by atoms with Crippen molar-refractivity contribution >= 4 is 11.6 Å². The zero-order valence-electron chi connectivity index (χ0n) is 13.1. The summed E-state index contributed by atoms with van der Waals surface area (Å²) in [6, 6.07) is 2.34. The fourth-order valence-corrected chi connectivity index (χ4v) is 4.22. The number of nitrogens with one attached hydrogen (secondary N) is 1. The van der Waals surface area contributed by atoms with Crippen LogP contribution >= 0.6 is 0 Å². The largest absolute Gasteiger partial charge is 0.352 e. The van der Waals surface area contributed by atoms with E-state index in [2.05, 4.69) is 5.32 Å². The van der Waals surface area contributed by atoms with Gasteiger partial charge >= 0.3 is 0 Å². The molecular formula is C16H21N3O4. The number of carbonyl (C=O) groups is 1. The summed E-state index contributed by atoms with van der Waals surface area (Å²) in [5.41, 5.74) is -0.614. The van der Waals surface area contributed by atoms with Gasteiger partial charge in [0, 0.05) is 18.2 Å². The summed E-state index contributed by atoms with van der Waals surface area (Å²) in [6.07, 6.45) is 6.12. The lowest BCUT2D eigenvalue weighted by atomic mass is 9.84. The van der Waals surface area contributed by atoms with Crippen molar-refractivity contribution in [2.45, 2.75) is 45.2 Å². The number of hydrogen-bond donors (Lipinski definition) is 1. The van der Waals surface area contributed by atoms with Crippen LogP contribution in [0.15, 0.2) is 23.1 Å². The highest BCUT2D eigenvalue weighted by Crippen LogP contribution is 2.49. The Morgan fingerprint density at radius 1 is 1.43 bits per heavy atom. The van der Waals surface area contributed by atoms with E-state index in [0.29, 0.717) is 11.8 Å². The predicted molar refractivity (Wildman–Crippen MR) is 83.9 cm³/mol. The fourth-order valence-electron chi connectivity index (χ4n) is 4.22. The minimum Gasteiger partial charge on any atom is -0.352 e. The standard InChI is InChI=1S/C16H21N3O4/c1-10(14-7-11-2-3-12(14)6-11)17-15(20)9-18-8-13(19(22)23)4-5-16(18)21/h4-5,8,10-12,14H,2-3,6-7,9H2,1H3,(H,17,20)/t10-,11-,12-,14+/m0/s1. The average molecular weight is 319 g/mol. The summed E-state index contributed by atoms with van der Waals surface area (Å²) in [4.78, 5) is 34.1. The molecule has 0 aromatic carbocycles. The second kappa shape index (κ2) is 6.14. The molecule has 1 aromatic heterocycles. The van der Waals surface area contributed by atoms with Gasteiger partial charge in [-0.1, -0.05) is 6.42 Å². The second-order valence-electron chi connectivity index (χ2n) is 6.81. The number of aromatic nitrogens is 1. The quantitative estimate of drug-likeness (QED) is 0.660. The summed E-state index contributed by atoms with van der Waals surface area (Å²) in [5.74, 6) is 1.75. The fraction of sp³-hybridized carbons (Fsp3) is 0.625. The van der Waals surface area contributed by atoms with Gasteiger partial charge in [-0.3, -0.25) is 24.3 Å². The first kappa shape index (κ1) is 15.7. The Balaban J connectivity index is 1.62. The van der Waals surface area contributed by atoms with Crippen molar-refractivity contribution < 1.29 is 9.72 Å². The molecule has 0 spiro atoms. The lowest BCUT2D eigenvalue weighted by Gasteiger charge is -2.28. The molecule has 124 valence electrons. The number of pyridine rings is 1. The van der Waals surface area contributed by atoms with Gasteiger partial charge in [0.25, 0.3) is 11.2 Å². The van der Waals surface area contributed by atoms with Crippen molar-refractivity contribution in [2.75, 3.05) is 0 Å². The maximum absolute atomic E-state index is 12.2. The topological polar surface area (TPSA) is 94.2 Å². The van der Waals surface area contributed by atoms with Gasteiger partial charge in [-0.15, -0.1) is 0 Å². The highest BCUT2D eigenvalue weighted by molar-refractivity contribution is 5.76. The molecule has 0 aliphatic heterocycles. The summed E-state index contributed by atoms with van der Waals surface area (Å²) in [5, 5.41) is 13.7. The van der Waals surface area contributed by atoms with Gasteiger partial charge in [-0.25, -0.2) is 0 Å². The Hall–Kier alpha value is -2.18. The van der Waals surface area contributed by atoms with E-state index in [0.717, 1.165) is 28.8 Å². The van der Waals surface area contributed by atoms with Crippen LogP contribution in [-0.2, 0) is 11.3 Å². The van der Waals surface area contributed by atoms with E-state index >= 15 is 0 Å². The van der Waals surface area contributed by atoms with Crippen LogP contribution in [0.3, 0.4) is 0 Å². The van der Waals surface area contributed by atoms with E-state index in [9.17, 15) is 19.7 Å². The molecule has 7 heteroatoms. The van der Waals surface area contributed by atoms with Crippen molar-refractivity contribution in [2.24, 2.45) is 17.8 Å². The van der Waals surface area contributed by atoms with Crippen LogP contribution in [-0.4, -0.2) is 21.4 Å². The van der Waals surface area contributed by atoms with Crippen LogP contribution in [0.5, 0.6) is 0 Å². The number of fused-ring (bicyclic) bond motifs is 2. The van der Waals surface area contributed by atoms with Crippen LogP contribution < -0.4 is 10.9 Å². The van der Waals surface area contributed by atoms with Crippen LogP contribution in [0.25, 0.3) is 0 Å². The molecule has 1 aromatic rings. The van der Waals surface area contributed by atoms with Crippen LogP contribution in [0.4, 0.5) is 5.69 Å². The Kier molecular flexibility index (Phi) is 4.19. The molecule has 0 saturated heterocycles. The molecule has 1 N–H and O–H groups in total. The van der Waals surface area contributed by atoms with Gasteiger partial charge in [-0.05, 0) is 43.9 Å². The number of carbonyl (C=O) groups excluding carboxylic acids is 1. The molecule has 0 radical (unpaired) electrons. The van der Waals surface area contributed by atoms with Crippen molar-refractivity contribution in [1.82, 2.24) is 9.88 Å². The maximum Gasteiger partial charge on any atom is 0.285 e. The van der Waals surface area contributed by atoms with E-state index in [1.165, 1.54) is 25.7 Å². The Bertz CT molecular complexity index is 684. The van der Waals surface area contributed by atoms with Gasteiger partial charge in [0.05, 0.1) is 11.1 Å². The molecule has 2 aliphatic carbocycles. The normalized spacial score (nSPS) is 26.9. The lowest BCUT2D eigenvalue weighted by Crippen LogP contribution is -2.42. The van der Waals surface area contributed by atoms with Crippen LogP contribution in [0.2, 0.25) is 0 Å². The molecule has 2 fully saturated rings. The van der Waals surface area contributed by atoms with Crippen LogP contribution in [0, 0.1) is 27.9 Å². The highest BCUT2D eigenvalue weighted by atomic mass is 16.6. The van der Waals surface area contributed by atoms with E-state index in [4.69, 9.17) is 0 Å². The average Bonchev–Trinajstić information content (AvgIpc) is 3.12. The second-order valence-corrected chi connectivity index (χ2v) is 6.81. The van der Waals surface area contributed by atoms with Crippen molar-refractivity contribution in [3.63, 3.8) is 0 Å². The number of amides is 1. The smallest absolute Gasteiger partial charge is 0.285 e. The first-order valence-corrected chi connectivity index (χ1v) is 8.08. The Morgan fingerprint density at radius 2 is 2.22 bits per heavy atom. The number of rotatable bonds is 5. The highest BCUT2D eigenvalue weighted by Gasteiger charge is 2.42. The maximum atomic E-state index is 12.2. The Labute approximate surface area is 133 Å². The first-order valence-electron chi connectivity index (χ1n) is 8.08. The molecule has 3 rings (SSSR count). The zero-order chi connectivity index (χ0) is 16.6. The van der Waals surface area contributed by atoms with Crippen molar-refractivity contribution in [3.8, 4) is 0 Å². The predicted octanol–water partition coefficient (Wildman–Crippen LogP) is 1.70. The minimum atomic E-state index is -0.578. The minimum absolute atomic E-state index is 0.0761. The number of nitro groups is 1. The summed E-state index contributed by atoms with van der Waals surface area (Å²) in [6.45, 7) is 1.82. The lowest BCUT2D eigenvalue weighted by molar-refractivity contribution is -0.385. The van der Waals surface area contributed by atoms with E-state index in [1.54, 1.807) is 0 Å². The summed E-state index contributed by atoms with van der Waals surface area (Å²) >= 11 is 0.